The Morgan fingerprint density at radius 2 is 1.69 bits per heavy atom. The first-order valence-electron chi connectivity index (χ1n) is 5.19. The molecule has 0 radical (unpaired) electrons. The molecule has 0 spiro atoms. The van der Waals surface area contributed by atoms with E-state index >= 15 is 0 Å². The minimum Gasteiger partial charge on any atom is -0.309 e. The molecule has 0 aromatic heterocycles. The van der Waals surface area contributed by atoms with Gasteiger partial charge in [0.25, 0.3) is 0 Å². The zero-order chi connectivity index (χ0) is 10.3. The maximum atomic E-state index is 5.75. The summed E-state index contributed by atoms with van der Waals surface area (Å²) in [4.78, 5) is 0. The molecule has 0 aliphatic carbocycles. The minimum absolute atomic E-state index is 0.263. The van der Waals surface area contributed by atoms with Gasteiger partial charge in [-0.15, -0.1) is 0 Å². The highest BCUT2D eigenvalue weighted by Crippen LogP contribution is 2.11. The average molecular weight is 222 g/mol. The van der Waals surface area contributed by atoms with Gasteiger partial charge in [-0.25, -0.2) is 0 Å². The lowest BCUT2D eigenvalue weighted by atomic mass is 10.2. The van der Waals surface area contributed by atoms with E-state index in [2.05, 4.69) is 27.7 Å². The second-order valence-corrected chi connectivity index (χ2v) is 6.06. The molecule has 0 N–H and O–H groups in total. The van der Waals surface area contributed by atoms with Gasteiger partial charge in [0.05, 0.1) is 6.10 Å². The van der Waals surface area contributed by atoms with Crippen molar-refractivity contribution >= 4 is 20.9 Å². The van der Waals surface area contributed by atoms with Crippen molar-refractivity contribution in [2.75, 3.05) is 0 Å². The Labute approximate surface area is 90.0 Å². The van der Waals surface area contributed by atoms with Crippen molar-refractivity contribution in [2.24, 2.45) is 0 Å². The molecule has 1 nitrogen and oxygen atoms in total. The van der Waals surface area contributed by atoms with Gasteiger partial charge in [-0.2, -0.15) is 0 Å². The molecular weight excluding hydrogens is 200 g/mol. The average Bonchev–Trinajstić information content (AvgIpc) is 2.05. The Hall–Kier alpha value is 0.530. The van der Waals surface area contributed by atoms with Gasteiger partial charge in [-0.05, 0) is 31.0 Å². The molecule has 0 aromatic carbocycles. The van der Waals surface area contributed by atoms with Crippen molar-refractivity contribution in [3.05, 3.63) is 0 Å². The van der Waals surface area contributed by atoms with Gasteiger partial charge in [0.2, 0.25) is 0 Å². The fraction of sp³-hybridized carbons (Fsp3) is 1.00. The van der Waals surface area contributed by atoms with Crippen LogP contribution in [-0.2, 0) is 25.1 Å². The third kappa shape index (κ3) is 6.58. The summed E-state index contributed by atoms with van der Waals surface area (Å²) in [5.41, 5.74) is 0. The molecule has 0 bridgehead atoms. The number of rotatable bonds is 7. The summed E-state index contributed by atoms with van der Waals surface area (Å²) in [7, 11) is -0.263. The summed E-state index contributed by atoms with van der Waals surface area (Å²) >= 11 is 5.32. The fourth-order valence-corrected chi connectivity index (χ4v) is 2.94. The largest absolute Gasteiger partial charge is 0.309 e. The van der Waals surface area contributed by atoms with Crippen LogP contribution in [0.4, 0.5) is 0 Å². The third-order valence-electron chi connectivity index (χ3n) is 1.98. The van der Waals surface area contributed by atoms with Gasteiger partial charge in [-0.1, -0.05) is 33.6 Å². The lowest BCUT2D eigenvalue weighted by molar-refractivity contribution is 0.244. The molecular formula is C10H22OS2. The first-order valence-corrected chi connectivity index (χ1v) is 7.33. The van der Waals surface area contributed by atoms with E-state index in [1.165, 1.54) is 19.3 Å². The molecule has 0 aromatic rings. The normalized spacial score (nSPS) is 18.2. The summed E-state index contributed by atoms with van der Waals surface area (Å²) in [6.07, 6.45) is 5.03. The van der Waals surface area contributed by atoms with Crippen LogP contribution < -0.4 is 0 Å². The molecule has 0 heterocycles. The zero-order valence-corrected chi connectivity index (χ0v) is 10.8. The van der Waals surface area contributed by atoms with Gasteiger partial charge in [0.15, 0.2) is 0 Å². The molecule has 3 heteroatoms. The Balaban J connectivity index is 3.71. The van der Waals surface area contributed by atoms with E-state index < -0.39 is 0 Å². The van der Waals surface area contributed by atoms with Gasteiger partial charge in [0, 0.05) is 15.0 Å². The van der Waals surface area contributed by atoms with Crippen molar-refractivity contribution in [1.82, 2.24) is 0 Å². The smallest absolute Gasteiger partial charge is 0.0697 e. The molecule has 0 amide bonds. The van der Waals surface area contributed by atoms with Crippen LogP contribution in [0.25, 0.3) is 0 Å². The first-order chi connectivity index (χ1) is 6.11. The van der Waals surface area contributed by atoms with Crippen molar-refractivity contribution in [3.63, 3.8) is 0 Å². The lowest BCUT2D eigenvalue weighted by Crippen LogP contribution is -2.17. The zero-order valence-electron chi connectivity index (χ0n) is 9.21. The summed E-state index contributed by atoms with van der Waals surface area (Å²) in [5, 5.41) is 0.541. The van der Waals surface area contributed by atoms with Crippen LogP contribution in [-0.4, -0.2) is 11.4 Å². The predicted octanol–water partition coefficient (Wildman–Crippen LogP) is 3.38. The summed E-state index contributed by atoms with van der Waals surface area (Å²) < 4.78 is 5.75. The molecule has 0 aliphatic heterocycles. The summed E-state index contributed by atoms with van der Waals surface area (Å²) in [5.74, 6) is 0. The summed E-state index contributed by atoms with van der Waals surface area (Å²) in [6, 6.07) is 0. The SMILES string of the molecule is CCCC(C)OS(=S)C(C)CCC. The van der Waals surface area contributed by atoms with E-state index in [1.54, 1.807) is 0 Å². The second-order valence-electron chi connectivity index (χ2n) is 3.56. The van der Waals surface area contributed by atoms with E-state index in [4.69, 9.17) is 15.4 Å². The maximum absolute atomic E-state index is 5.75. The second kappa shape index (κ2) is 7.89. The molecule has 0 fully saturated rings. The van der Waals surface area contributed by atoms with E-state index in [9.17, 15) is 0 Å². The van der Waals surface area contributed by atoms with E-state index in [0.29, 0.717) is 11.4 Å². The molecule has 80 valence electrons. The van der Waals surface area contributed by atoms with Crippen LogP contribution in [0.1, 0.15) is 53.4 Å². The van der Waals surface area contributed by atoms with Crippen LogP contribution in [0.5, 0.6) is 0 Å². The Morgan fingerprint density at radius 3 is 2.15 bits per heavy atom. The van der Waals surface area contributed by atoms with Gasteiger partial charge in [-0.3, -0.25) is 0 Å². The van der Waals surface area contributed by atoms with Crippen LogP contribution >= 0.6 is 0 Å². The highest BCUT2D eigenvalue weighted by atomic mass is 32.8. The molecule has 0 saturated heterocycles. The number of hydrogen-bond donors (Lipinski definition) is 0. The standard InChI is InChI=1S/C10H22OS2/c1-5-7-9(3)11-13(12)10(4)8-6-2/h9-10H,5-8H2,1-4H3. The van der Waals surface area contributed by atoms with Crippen LogP contribution in [0.3, 0.4) is 0 Å². The van der Waals surface area contributed by atoms with Gasteiger partial charge in [0.1, 0.15) is 0 Å². The molecule has 0 rings (SSSR count). The van der Waals surface area contributed by atoms with Gasteiger partial charge < -0.3 is 4.18 Å². The van der Waals surface area contributed by atoms with Crippen molar-refractivity contribution in [1.29, 1.82) is 0 Å². The highest BCUT2D eigenvalue weighted by molar-refractivity contribution is 8.26. The van der Waals surface area contributed by atoms with Gasteiger partial charge >= 0.3 is 0 Å². The molecule has 13 heavy (non-hydrogen) atoms. The van der Waals surface area contributed by atoms with Crippen LogP contribution in [0.15, 0.2) is 0 Å². The first kappa shape index (κ1) is 13.5. The van der Waals surface area contributed by atoms with Crippen molar-refractivity contribution in [3.8, 4) is 0 Å². The summed E-state index contributed by atoms with van der Waals surface area (Å²) in [6.45, 7) is 8.68. The Bertz CT molecular complexity index is 148. The molecule has 0 saturated carbocycles. The number of hydrogen-bond acceptors (Lipinski definition) is 2. The Kier molecular flexibility index (Phi) is 8.21. The van der Waals surface area contributed by atoms with Crippen LogP contribution in [0.2, 0.25) is 0 Å². The topological polar surface area (TPSA) is 9.23 Å². The fourth-order valence-electron chi connectivity index (χ4n) is 1.21. The maximum Gasteiger partial charge on any atom is 0.0697 e. The third-order valence-corrected chi connectivity index (χ3v) is 4.61. The van der Waals surface area contributed by atoms with Crippen LogP contribution in [0, 0.1) is 0 Å². The van der Waals surface area contributed by atoms with Crippen molar-refractivity contribution in [2.45, 2.75) is 64.7 Å². The highest BCUT2D eigenvalue weighted by Gasteiger charge is 2.10. The molecule has 0 aliphatic rings. The monoisotopic (exact) mass is 222 g/mol. The lowest BCUT2D eigenvalue weighted by Gasteiger charge is -2.17. The molecule has 3 atom stereocenters. The predicted molar refractivity (Wildman–Crippen MR) is 64.6 cm³/mol. The molecule has 3 unspecified atom stereocenters. The Morgan fingerprint density at radius 1 is 1.15 bits per heavy atom. The van der Waals surface area contributed by atoms with E-state index in [-0.39, 0.29) is 9.74 Å². The van der Waals surface area contributed by atoms with Crippen molar-refractivity contribution < 1.29 is 4.18 Å². The quantitative estimate of drug-likeness (QED) is 0.653. The van der Waals surface area contributed by atoms with E-state index in [1.807, 2.05) is 0 Å². The minimum atomic E-state index is -0.263. The van der Waals surface area contributed by atoms with E-state index in [0.717, 1.165) is 6.42 Å².